The monoisotopic (exact) mass is 235 g/mol. The van der Waals surface area contributed by atoms with Gasteiger partial charge >= 0.3 is 0 Å². The Kier molecular flexibility index (Phi) is 5.75. The molecule has 0 aromatic carbocycles. The molecule has 1 heterocycles. The maximum Gasteiger partial charge on any atom is 0.102 e. The van der Waals surface area contributed by atoms with Gasteiger partial charge in [0.1, 0.15) is 6.54 Å². The minimum atomic E-state index is 0.668. The fourth-order valence-electron chi connectivity index (χ4n) is 1.69. The van der Waals surface area contributed by atoms with E-state index in [1.54, 1.807) is 7.11 Å². The van der Waals surface area contributed by atoms with Gasteiger partial charge < -0.3 is 10.1 Å². The molecule has 0 saturated heterocycles. The molecule has 0 atom stereocenters. The molecule has 1 aromatic heterocycles. The Morgan fingerprint density at radius 1 is 1.41 bits per heavy atom. The van der Waals surface area contributed by atoms with E-state index in [2.05, 4.69) is 29.2 Å². The lowest BCUT2D eigenvalue weighted by Crippen LogP contribution is -2.19. The highest BCUT2D eigenvalue weighted by molar-refractivity contribution is 5.24. The van der Waals surface area contributed by atoms with Crippen LogP contribution in [0.5, 0.6) is 0 Å². The summed E-state index contributed by atoms with van der Waals surface area (Å²) in [7, 11) is 1.71. The molecule has 1 rings (SSSR count). The van der Waals surface area contributed by atoms with Crippen molar-refractivity contribution in [3.63, 3.8) is 0 Å². The molecule has 0 unspecified atom stereocenters. The Hall–Kier alpha value is -1.31. The van der Waals surface area contributed by atoms with Gasteiger partial charge in [-0.05, 0) is 20.8 Å². The van der Waals surface area contributed by atoms with E-state index in [0.29, 0.717) is 6.54 Å². The summed E-state index contributed by atoms with van der Waals surface area (Å²) in [6, 6.07) is 0. The van der Waals surface area contributed by atoms with E-state index in [0.717, 1.165) is 25.4 Å². The zero-order valence-electron chi connectivity index (χ0n) is 11.1. The van der Waals surface area contributed by atoms with E-state index in [9.17, 15) is 0 Å². The first-order valence-electron chi connectivity index (χ1n) is 5.82. The maximum absolute atomic E-state index is 5.00. The van der Waals surface area contributed by atoms with Gasteiger partial charge in [0, 0.05) is 31.5 Å². The second-order valence-electron chi connectivity index (χ2n) is 3.90. The van der Waals surface area contributed by atoms with Crippen LogP contribution >= 0.6 is 0 Å². The van der Waals surface area contributed by atoms with E-state index in [1.807, 2.05) is 18.5 Å². The molecule has 0 fully saturated rings. The predicted molar refractivity (Wildman–Crippen MR) is 68.7 cm³/mol. The Bertz CT molecular complexity index is 412. The van der Waals surface area contributed by atoms with Crippen LogP contribution in [0.1, 0.15) is 23.9 Å². The van der Waals surface area contributed by atoms with Crippen molar-refractivity contribution in [2.75, 3.05) is 20.3 Å². The van der Waals surface area contributed by atoms with E-state index in [1.165, 1.54) is 11.3 Å². The van der Waals surface area contributed by atoms with Crippen LogP contribution in [0.4, 0.5) is 0 Å². The van der Waals surface area contributed by atoms with Gasteiger partial charge in [0.25, 0.3) is 0 Å². The first-order valence-corrected chi connectivity index (χ1v) is 5.82. The molecule has 4 nitrogen and oxygen atoms in total. The summed E-state index contributed by atoms with van der Waals surface area (Å²) in [6.07, 6.45) is 0. The number of rotatable bonds is 6. The smallest absolute Gasteiger partial charge is 0.102 e. The number of aromatic nitrogens is 2. The largest absolute Gasteiger partial charge is 0.383 e. The first-order chi connectivity index (χ1) is 8.20. The number of aryl methyl sites for hydroxylation is 1. The first kappa shape index (κ1) is 13.8. The molecule has 0 radical (unpaired) electrons. The fourth-order valence-corrected chi connectivity index (χ4v) is 1.69. The third kappa shape index (κ3) is 3.88. The Balaban J connectivity index is 2.64. The van der Waals surface area contributed by atoms with Crippen molar-refractivity contribution < 1.29 is 4.74 Å². The van der Waals surface area contributed by atoms with Gasteiger partial charge in [-0.1, -0.05) is 5.92 Å². The fraction of sp³-hybridized carbons (Fsp3) is 0.615. The molecule has 4 heteroatoms. The zero-order chi connectivity index (χ0) is 12.7. The van der Waals surface area contributed by atoms with Gasteiger partial charge in [-0.25, -0.2) is 0 Å². The molecule has 94 valence electrons. The van der Waals surface area contributed by atoms with E-state index >= 15 is 0 Å². The van der Waals surface area contributed by atoms with E-state index < -0.39 is 0 Å². The van der Waals surface area contributed by atoms with E-state index in [4.69, 9.17) is 4.74 Å². The lowest BCUT2D eigenvalue weighted by molar-refractivity contribution is 0.199. The SMILES string of the molecule is CC#CCn1nc(C)c(CNCCOC)c1C. The predicted octanol–water partition coefficient (Wildman–Crippen LogP) is 1.26. The number of nitrogens with zero attached hydrogens (tertiary/aromatic N) is 2. The minimum Gasteiger partial charge on any atom is -0.383 e. The summed E-state index contributed by atoms with van der Waals surface area (Å²) < 4.78 is 6.95. The van der Waals surface area contributed by atoms with E-state index in [-0.39, 0.29) is 0 Å². The van der Waals surface area contributed by atoms with Gasteiger partial charge in [0.15, 0.2) is 0 Å². The van der Waals surface area contributed by atoms with Gasteiger partial charge in [-0.15, -0.1) is 5.92 Å². The van der Waals surface area contributed by atoms with Gasteiger partial charge in [0.05, 0.1) is 12.3 Å². The van der Waals surface area contributed by atoms with Crippen molar-refractivity contribution in [2.45, 2.75) is 33.9 Å². The quantitative estimate of drug-likeness (QED) is 0.596. The summed E-state index contributed by atoms with van der Waals surface area (Å²) >= 11 is 0. The topological polar surface area (TPSA) is 39.1 Å². The number of ether oxygens (including phenoxy) is 1. The molecule has 0 aliphatic carbocycles. The molecule has 0 bridgehead atoms. The molecule has 0 aliphatic rings. The Morgan fingerprint density at radius 3 is 2.82 bits per heavy atom. The van der Waals surface area contributed by atoms with Crippen LogP contribution in [-0.2, 0) is 17.8 Å². The molecule has 0 amide bonds. The second kappa shape index (κ2) is 7.10. The van der Waals surface area contributed by atoms with Crippen LogP contribution in [0.25, 0.3) is 0 Å². The Labute approximate surface area is 103 Å². The average molecular weight is 235 g/mol. The molecule has 1 N–H and O–H groups in total. The summed E-state index contributed by atoms with van der Waals surface area (Å²) in [5, 5.41) is 7.83. The molecule has 0 saturated carbocycles. The van der Waals surface area contributed by atoms with Crippen molar-refractivity contribution in [2.24, 2.45) is 0 Å². The van der Waals surface area contributed by atoms with Crippen molar-refractivity contribution in [3.8, 4) is 11.8 Å². The molecule has 0 aliphatic heterocycles. The summed E-state index contributed by atoms with van der Waals surface area (Å²) in [5.74, 6) is 5.92. The summed E-state index contributed by atoms with van der Waals surface area (Å²) in [4.78, 5) is 0. The number of methoxy groups -OCH3 is 1. The van der Waals surface area contributed by atoms with Gasteiger partial charge in [-0.2, -0.15) is 5.10 Å². The third-order valence-corrected chi connectivity index (χ3v) is 2.72. The highest BCUT2D eigenvalue weighted by Crippen LogP contribution is 2.12. The third-order valence-electron chi connectivity index (χ3n) is 2.72. The number of hydrogen-bond acceptors (Lipinski definition) is 3. The normalized spacial score (nSPS) is 10.1. The second-order valence-corrected chi connectivity index (χ2v) is 3.90. The number of hydrogen-bond donors (Lipinski definition) is 1. The highest BCUT2D eigenvalue weighted by Gasteiger charge is 2.09. The standard InChI is InChI=1S/C13H21N3O/c1-5-6-8-16-12(3)13(11(2)15-16)10-14-7-9-17-4/h14H,7-10H2,1-4H3. The number of nitrogens with one attached hydrogen (secondary N) is 1. The van der Waals surface area contributed by atoms with Crippen LogP contribution < -0.4 is 5.32 Å². The maximum atomic E-state index is 5.00. The average Bonchev–Trinajstić information content (AvgIpc) is 2.58. The van der Waals surface area contributed by atoms with Crippen LogP contribution in [0.15, 0.2) is 0 Å². The van der Waals surface area contributed by atoms with Crippen LogP contribution in [0, 0.1) is 25.7 Å². The van der Waals surface area contributed by atoms with Crippen molar-refractivity contribution in [1.82, 2.24) is 15.1 Å². The Morgan fingerprint density at radius 2 is 2.18 bits per heavy atom. The van der Waals surface area contributed by atoms with Crippen molar-refractivity contribution in [3.05, 3.63) is 17.0 Å². The lowest BCUT2D eigenvalue weighted by Gasteiger charge is -2.05. The summed E-state index contributed by atoms with van der Waals surface area (Å²) in [6.45, 7) is 9.06. The molecular weight excluding hydrogens is 214 g/mol. The lowest BCUT2D eigenvalue weighted by atomic mass is 10.2. The van der Waals surface area contributed by atoms with Gasteiger partial charge in [0.2, 0.25) is 0 Å². The van der Waals surface area contributed by atoms with Crippen molar-refractivity contribution >= 4 is 0 Å². The zero-order valence-corrected chi connectivity index (χ0v) is 11.1. The van der Waals surface area contributed by atoms with Crippen LogP contribution in [-0.4, -0.2) is 30.0 Å². The van der Waals surface area contributed by atoms with Crippen molar-refractivity contribution in [1.29, 1.82) is 0 Å². The molecule has 17 heavy (non-hydrogen) atoms. The molecule has 0 spiro atoms. The van der Waals surface area contributed by atoms with Crippen LogP contribution in [0.3, 0.4) is 0 Å². The molecule has 1 aromatic rings. The minimum absolute atomic E-state index is 0.668. The van der Waals surface area contributed by atoms with Gasteiger partial charge in [-0.3, -0.25) is 4.68 Å². The molecular formula is C13H21N3O. The highest BCUT2D eigenvalue weighted by atomic mass is 16.5. The van der Waals surface area contributed by atoms with Crippen LogP contribution in [0.2, 0.25) is 0 Å². The summed E-state index contributed by atoms with van der Waals surface area (Å²) in [5.41, 5.74) is 3.53.